The number of thioether (sulfide) groups is 1. The molecule has 0 amide bonds. The van der Waals surface area contributed by atoms with Gasteiger partial charge in [0.1, 0.15) is 0 Å². The molecule has 0 aliphatic heterocycles. The molecule has 1 rings (SSSR count). The summed E-state index contributed by atoms with van der Waals surface area (Å²) < 4.78 is 25.6. The van der Waals surface area contributed by atoms with Crippen LogP contribution in [0.1, 0.15) is 25.3 Å². The normalized spacial score (nSPS) is 12.8. The highest BCUT2D eigenvalue weighted by atomic mass is 32.2. The van der Waals surface area contributed by atoms with Crippen LogP contribution in [0.4, 0.5) is 20.2 Å². The summed E-state index contributed by atoms with van der Waals surface area (Å²) in [6, 6.07) is 4.75. The average molecular weight is 260 g/mol. The van der Waals surface area contributed by atoms with Crippen molar-refractivity contribution in [1.29, 1.82) is 0 Å². The van der Waals surface area contributed by atoms with Crippen LogP contribution in [-0.4, -0.2) is 18.1 Å². The van der Waals surface area contributed by atoms with Crippen molar-refractivity contribution in [3.63, 3.8) is 0 Å². The zero-order valence-corrected chi connectivity index (χ0v) is 10.9. The van der Waals surface area contributed by atoms with E-state index >= 15 is 0 Å². The molecule has 3 N–H and O–H groups in total. The molecular weight excluding hydrogens is 242 g/mol. The lowest BCUT2D eigenvalue weighted by Crippen LogP contribution is -2.17. The van der Waals surface area contributed by atoms with Crippen LogP contribution in [0.3, 0.4) is 0 Å². The van der Waals surface area contributed by atoms with Crippen LogP contribution in [0, 0.1) is 0 Å². The van der Waals surface area contributed by atoms with E-state index in [-0.39, 0.29) is 11.6 Å². The van der Waals surface area contributed by atoms with Crippen LogP contribution in [0.5, 0.6) is 0 Å². The number of alkyl halides is 2. The highest BCUT2D eigenvalue weighted by Crippen LogP contribution is 2.29. The van der Waals surface area contributed by atoms with Crippen LogP contribution >= 0.6 is 11.8 Å². The van der Waals surface area contributed by atoms with Gasteiger partial charge in [0.15, 0.2) is 0 Å². The molecule has 1 unspecified atom stereocenters. The van der Waals surface area contributed by atoms with Crippen molar-refractivity contribution < 1.29 is 8.78 Å². The topological polar surface area (TPSA) is 38.0 Å². The predicted octanol–water partition coefficient (Wildman–Crippen LogP) is 3.76. The van der Waals surface area contributed by atoms with Crippen LogP contribution in [0.25, 0.3) is 0 Å². The molecule has 0 aromatic heterocycles. The molecule has 17 heavy (non-hydrogen) atoms. The first-order valence-corrected chi connectivity index (χ1v) is 6.87. The molecule has 0 aliphatic rings. The van der Waals surface area contributed by atoms with E-state index in [0.29, 0.717) is 11.4 Å². The minimum Gasteiger partial charge on any atom is -0.399 e. The van der Waals surface area contributed by atoms with Crippen LogP contribution in [-0.2, 0) is 0 Å². The SMILES string of the molecule is CSCCC(C)Nc1ccc(N)cc1C(F)F. The van der Waals surface area contributed by atoms with E-state index < -0.39 is 6.43 Å². The zero-order chi connectivity index (χ0) is 12.8. The van der Waals surface area contributed by atoms with Gasteiger partial charge in [0, 0.05) is 23.0 Å². The van der Waals surface area contributed by atoms with Crippen LogP contribution in [0.2, 0.25) is 0 Å². The van der Waals surface area contributed by atoms with Gasteiger partial charge >= 0.3 is 0 Å². The fourth-order valence-electron chi connectivity index (χ4n) is 1.53. The minimum absolute atomic E-state index is 0.0269. The molecule has 0 spiro atoms. The lowest BCUT2D eigenvalue weighted by Gasteiger charge is -2.18. The molecular formula is C12H18F2N2S. The second kappa shape index (κ2) is 6.69. The number of anilines is 2. The molecule has 0 fully saturated rings. The number of rotatable bonds is 6. The van der Waals surface area contributed by atoms with E-state index in [1.165, 1.54) is 6.07 Å². The van der Waals surface area contributed by atoms with Crippen molar-refractivity contribution >= 4 is 23.1 Å². The van der Waals surface area contributed by atoms with Gasteiger partial charge < -0.3 is 11.1 Å². The van der Waals surface area contributed by atoms with Crippen molar-refractivity contribution in [1.82, 2.24) is 0 Å². The molecule has 96 valence electrons. The molecule has 0 saturated heterocycles. The Kier molecular flexibility index (Phi) is 5.55. The van der Waals surface area contributed by atoms with Gasteiger partial charge in [-0.2, -0.15) is 11.8 Å². The van der Waals surface area contributed by atoms with Gasteiger partial charge in [0.05, 0.1) is 0 Å². The van der Waals surface area contributed by atoms with Crippen LogP contribution in [0.15, 0.2) is 18.2 Å². The number of nitrogens with one attached hydrogen (secondary N) is 1. The van der Waals surface area contributed by atoms with Crippen molar-refractivity contribution in [2.24, 2.45) is 0 Å². The second-order valence-corrected chi connectivity index (χ2v) is 4.96. The highest BCUT2D eigenvalue weighted by Gasteiger charge is 2.14. The third kappa shape index (κ3) is 4.42. The summed E-state index contributed by atoms with van der Waals surface area (Å²) >= 11 is 1.75. The molecule has 1 atom stereocenters. The number of hydrogen-bond donors (Lipinski definition) is 2. The van der Waals surface area contributed by atoms with Crippen molar-refractivity contribution in [3.8, 4) is 0 Å². The Balaban J connectivity index is 2.76. The zero-order valence-electron chi connectivity index (χ0n) is 10.0. The van der Waals surface area contributed by atoms with Crippen molar-refractivity contribution in [3.05, 3.63) is 23.8 Å². The van der Waals surface area contributed by atoms with Gasteiger partial charge in [-0.25, -0.2) is 8.78 Å². The molecule has 0 radical (unpaired) electrons. The molecule has 5 heteroatoms. The number of nitrogens with two attached hydrogens (primary N) is 1. The summed E-state index contributed by atoms with van der Waals surface area (Å²) in [4.78, 5) is 0. The lowest BCUT2D eigenvalue weighted by atomic mass is 10.1. The minimum atomic E-state index is -2.51. The third-order valence-electron chi connectivity index (χ3n) is 2.47. The number of nitrogen functional groups attached to an aromatic ring is 1. The second-order valence-electron chi connectivity index (χ2n) is 3.97. The third-order valence-corrected chi connectivity index (χ3v) is 3.11. The molecule has 2 nitrogen and oxygen atoms in total. The first-order valence-electron chi connectivity index (χ1n) is 5.47. The first-order chi connectivity index (χ1) is 8.04. The van der Waals surface area contributed by atoms with E-state index in [1.807, 2.05) is 13.2 Å². The Morgan fingerprint density at radius 1 is 1.41 bits per heavy atom. The Morgan fingerprint density at radius 3 is 2.71 bits per heavy atom. The summed E-state index contributed by atoms with van der Waals surface area (Å²) in [5.74, 6) is 1.01. The van der Waals surface area contributed by atoms with Gasteiger partial charge in [0.2, 0.25) is 0 Å². The Morgan fingerprint density at radius 2 is 2.12 bits per heavy atom. The standard InChI is InChI=1S/C12H18F2N2S/c1-8(5-6-17-2)16-11-4-3-9(15)7-10(11)12(13)14/h3-4,7-8,12,16H,5-6,15H2,1-2H3. The smallest absolute Gasteiger partial charge is 0.265 e. The fourth-order valence-corrected chi connectivity index (χ4v) is 2.11. The molecule has 1 aromatic rings. The first kappa shape index (κ1) is 14.1. The number of hydrogen-bond acceptors (Lipinski definition) is 3. The summed E-state index contributed by atoms with van der Waals surface area (Å²) in [5, 5.41) is 3.10. The maximum Gasteiger partial charge on any atom is 0.265 e. The predicted molar refractivity (Wildman–Crippen MR) is 71.9 cm³/mol. The maximum absolute atomic E-state index is 12.8. The Hall–Kier alpha value is -0.970. The summed E-state index contributed by atoms with van der Waals surface area (Å²) in [7, 11) is 0. The van der Waals surface area contributed by atoms with Gasteiger partial charge in [-0.15, -0.1) is 0 Å². The molecule has 0 aliphatic carbocycles. The highest BCUT2D eigenvalue weighted by molar-refractivity contribution is 7.98. The Bertz CT molecular complexity index is 358. The van der Waals surface area contributed by atoms with E-state index in [9.17, 15) is 8.78 Å². The quantitative estimate of drug-likeness (QED) is 0.765. The van der Waals surface area contributed by atoms with E-state index in [2.05, 4.69) is 5.32 Å². The molecule has 0 bridgehead atoms. The fraction of sp³-hybridized carbons (Fsp3) is 0.500. The van der Waals surface area contributed by atoms with Crippen LogP contribution < -0.4 is 11.1 Å². The van der Waals surface area contributed by atoms with Gasteiger partial charge in [-0.05, 0) is 43.6 Å². The summed E-state index contributed by atoms with van der Waals surface area (Å²) in [6.07, 6.45) is 0.461. The maximum atomic E-state index is 12.8. The molecule has 1 aromatic carbocycles. The van der Waals surface area contributed by atoms with Gasteiger partial charge in [0.25, 0.3) is 6.43 Å². The van der Waals surface area contributed by atoms with E-state index in [4.69, 9.17) is 5.73 Å². The largest absolute Gasteiger partial charge is 0.399 e. The van der Waals surface area contributed by atoms with E-state index in [1.54, 1.807) is 23.9 Å². The number of benzene rings is 1. The van der Waals surface area contributed by atoms with Gasteiger partial charge in [-0.3, -0.25) is 0 Å². The average Bonchev–Trinajstić information content (AvgIpc) is 2.28. The summed E-state index contributed by atoms with van der Waals surface area (Å²) in [5.41, 5.74) is 6.32. The van der Waals surface area contributed by atoms with Crippen molar-refractivity contribution in [2.75, 3.05) is 23.1 Å². The lowest BCUT2D eigenvalue weighted by molar-refractivity contribution is 0.152. The molecule has 0 heterocycles. The summed E-state index contributed by atoms with van der Waals surface area (Å²) in [6.45, 7) is 1.99. The Labute approximate surface area is 105 Å². The monoisotopic (exact) mass is 260 g/mol. The van der Waals surface area contributed by atoms with Gasteiger partial charge in [-0.1, -0.05) is 0 Å². The molecule has 0 saturated carbocycles. The number of halogens is 2. The van der Waals surface area contributed by atoms with E-state index in [0.717, 1.165) is 12.2 Å². The van der Waals surface area contributed by atoms with Crippen molar-refractivity contribution in [2.45, 2.75) is 25.8 Å².